The van der Waals surface area contributed by atoms with E-state index in [1.165, 1.54) is 37.9 Å². The normalized spacial score (nSPS) is 17.3. The van der Waals surface area contributed by atoms with Gasteiger partial charge in [-0.3, -0.25) is 4.90 Å². The molecule has 124 valence electrons. The number of aromatic nitrogens is 1. The van der Waals surface area contributed by atoms with Crippen molar-refractivity contribution < 1.29 is 4.42 Å². The van der Waals surface area contributed by atoms with E-state index in [0.29, 0.717) is 0 Å². The first kappa shape index (κ1) is 16.2. The first-order chi connectivity index (χ1) is 11.3. The van der Waals surface area contributed by atoms with E-state index in [0.717, 1.165) is 37.8 Å². The SMILES string of the molecule is Cc1nc(CN2CCCN(CCCc3ccccc3)CC2)co1. The van der Waals surface area contributed by atoms with E-state index >= 15 is 0 Å². The number of nitrogens with zero attached hydrogens (tertiary/aromatic N) is 3. The summed E-state index contributed by atoms with van der Waals surface area (Å²) in [7, 11) is 0. The molecule has 4 nitrogen and oxygen atoms in total. The van der Waals surface area contributed by atoms with E-state index in [4.69, 9.17) is 4.42 Å². The molecular formula is C19H27N3O. The van der Waals surface area contributed by atoms with Crippen molar-refractivity contribution in [1.29, 1.82) is 0 Å². The Morgan fingerprint density at radius 3 is 2.61 bits per heavy atom. The summed E-state index contributed by atoms with van der Waals surface area (Å²) in [6.07, 6.45) is 5.45. The van der Waals surface area contributed by atoms with Crippen LogP contribution in [0.4, 0.5) is 0 Å². The summed E-state index contributed by atoms with van der Waals surface area (Å²) in [4.78, 5) is 9.52. The van der Waals surface area contributed by atoms with Crippen LogP contribution >= 0.6 is 0 Å². The second-order valence-corrected chi connectivity index (χ2v) is 6.42. The van der Waals surface area contributed by atoms with Crippen LogP contribution < -0.4 is 0 Å². The Kier molecular flexibility index (Phi) is 5.83. The number of rotatable bonds is 6. The Labute approximate surface area is 139 Å². The van der Waals surface area contributed by atoms with Crippen LogP contribution in [0.3, 0.4) is 0 Å². The standard InChI is InChI=1S/C19H27N3O/c1-17-20-19(16-23-17)15-22-12-6-11-21(13-14-22)10-5-9-18-7-3-2-4-8-18/h2-4,7-8,16H,5-6,9-15H2,1H3. The third kappa shape index (κ3) is 5.19. The maximum Gasteiger partial charge on any atom is 0.191 e. The minimum absolute atomic E-state index is 0.761. The van der Waals surface area contributed by atoms with Crippen LogP contribution in [0.5, 0.6) is 0 Å². The van der Waals surface area contributed by atoms with Gasteiger partial charge in [-0.05, 0) is 44.5 Å². The molecule has 1 aliphatic rings. The van der Waals surface area contributed by atoms with Gasteiger partial charge >= 0.3 is 0 Å². The Morgan fingerprint density at radius 1 is 1.04 bits per heavy atom. The van der Waals surface area contributed by atoms with Crippen LogP contribution in [0.2, 0.25) is 0 Å². The van der Waals surface area contributed by atoms with Gasteiger partial charge in [0.1, 0.15) is 6.26 Å². The van der Waals surface area contributed by atoms with Crippen molar-refractivity contribution >= 4 is 0 Å². The molecule has 0 bridgehead atoms. The summed E-state index contributed by atoms with van der Waals surface area (Å²) in [6, 6.07) is 10.8. The minimum atomic E-state index is 0.761. The van der Waals surface area contributed by atoms with Crippen molar-refractivity contribution in [3.63, 3.8) is 0 Å². The van der Waals surface area contributed by atoms with Crippen molar-refractivity contribution in [2.45, 2.75) is 32.7 Å². The summed E-state index contributed by atoms with van der Waals surface area (Å²) < 4.78 is 5.31. The molecule has 1 fully saturated rings. The summed E-state index contributed by atoms with van der Waals surface area (Å²) in [5.74, 6) is 0.761. The van der Waals surface area contributed by atoms with Gasteiger partial charge in [-0.2, -0.15) is 0 Å². The molecule has 23 heavy (non-hydrogen) atoms. The highest BCUT2D eigenvalue weighted by molar-refractivity contribution is 5.14. The van der Waals surface area contributed by atoms with Crippen molar-refractivity contribution in [3.05, 3.63) is 53.7 Å². The monoisotopic (exact) mass is 313 g/mol. The predicted molar refractivity (Wildman–Crippen MR) is 92.3 cm³/mol. The van der Waals surface area contributed by atoms with E-state index in [1.807, 2.05) is 6.92 Å². The quantitative estimate of drug-likeness (QED) is 0.820. The molecule has 1 aromatic heterocycles. The lowest BCUT2D eigenvalue weighted by atomic mass is 10.1. The second kappa shape index (κ2) is 8.27. The predicted octanol–water partition coefficient (Wildman–Crippen LogP) is 3.12. The zero-order valence-electron chi connectivity index (χ0n) is 14.1. The number of benzene rings is 1. The zero-order valence-corrected chi connectivity index (χ0v) is 14.1. The first-order valence-electron chi connectivity index (χ1n) is 8.69. The van der Waals surface area contributed by atoms with Gasteiger partial charge in [0.25, 0.3) is 0 Å². The van der Waals surface area contributed by atoms with E-state index < -0.39 is 0 Å². The number of aryl methyl sites for hydroxylation is 2. The zero-order chi connectivity index (χ0) is 15.9. The molecular weight excluding hydrogens is 286 g/mol. The summed E-state index contributed by atoms with van der Waals surface area (Å²) in [6.45, 7) is 8.66. The van der Waals surface area contributed by atoms with Gasteiger partial charge < -0.3 is 9.32 Å². The van der Waals surface area contributed by atoms with Gasteiger partial charge in [-0.15, -0.1) is 0 Å². The van der Waals surface area contributed by atoms with Gasteiger partial charge in [0.05, 0.1) is 5.69 Å². The van der Waals surface area contributed by atoms with Crippen molar-refractivity contribution in [1.82, 2.24) is 14.8 Å². The Hall–Kier alpha value is -1.65. The van der Waals surface area contributed by atoms with Crippen LogP contribution in [0, 0.1) is 6.92 Å². The van der Waals surface area contributed by atoms with Gasteiger partial charge in [0.15, 0.2) is 5.89 Å². The van der Waals surface area contributed by atoms with Gasteiger partial charge in [0, 0.05) is 26.6 Å². The van der Waals surface area contributed by atoms with E-state index in [-0.39, 0.29) is 0 Å². The average Bonchev–Trinajstić information content (AvgIpc) is 2.84. The fourth-order valence-electron chi connectivity index (χ4n) is 3.27. The topological polar surface area (TPSA) is 32.5 Å². The first-order valence-corrected chi connectivity index (χ1v) is 8.69. The minimum Gasteiger partial charge on any atom is -0.449 e. The largest absolute Gasteiger partial charge is 0.449 e. The fourth-order valence-corrected chi connectivity index (χ4v) is 3.27. The van der Waals surface area contributed by atoms with Gasteiger partial charge in [-0.25, -0.2) is 4.98 Å². The highest BCUT2D eigenvalue weighted by Gasteiger charge is 2.15. The molecule has 3 rings (SSSR count). The molecule has 1 aromatic carbocycles. The molecule has 0 atom stereocenters. The molecule has 1 saturated heterocycles. The Bertz CT molecular complexity index is 581. The van der Waals surface area contributed by atoms with Crippen molar-refractivity contribution in [3.8, 4) is 0 Å². The van der Waals surface area contributed by atoms with Gasteiger partial charge in [0.2, 0.25) is 0 Å². The number of hydrogen-bond donors (Lipinski definition) is 0. The summed E-state index contributed by atoms with van der Waals surface area (Å²) in [5, 5.41) is 0. The smallest absolute Gasteiger partial charge is 0.191 e. The van der Waals surface area contributed by atoms with Gasteiger partial charge in [-0.1, -0.05) is 30.3 Å². The Balaban J connectivity index is 1.39. The van der Waals surface area contributed by atoms with Crippen molar-refractivity contribution in [2.24, 2.45) is 0 Å². The van der Waals surface area contributed by atoms with Crippen LogP contribution in [0.25, 0.3) is 0 Å². The lowest BCUT2D eigenvalue weighted by Gasteiger charge is -2.21. The molecule has 0 aliphatic carbocycles. The number of oxazole rings is 1. The van der Waals surface area contributed by atoms with E-state index in [1.54, 1.807) is 6.26 Å². The molecule has 0 radical (unpaired) electrons. The van der Waals surface area contributed by atoms with E-state index in [9.17, 15) is 0 Å². The van der Waals surface area contributed by atoms with Crippen LogP contribution in [0.15, 0.2) is 41.0 Å². The molecule has 1 aliphatic heterocycles. The third-order valence-corrected chi connectivity index (χ3v) is 4.52. The molecule has 4 heteroatoms. The third-order valence-electron chi connectivity index (χ3n) is 4.52. The van der Waals surface area contributed by atoms with Crippen molar-refractivity contribution in [2.75, 3.05) is 32.7 Å². The summed E-state index contributed by atoms with van der Waals surface area (Å²) >= 11 is 0. The Morgan fingerprint density at radius 2 is 1.83 bits per heavy atom. The molecule has 2 heterocycles. The maximum atomic E-state index is 5.31. The number of hydrogen-bond acceptors (Lipinski definition) is 4. The highest BCUT2D eigenvalue weighted by Crippen LogP contribution is 2.10. The molecule has 0 N–H and O–H groups in total. The average molecular weight is 313 g/mol. The lowest BCUT2D eigenvalue weighted by molar-refractivity contribution is 0.248. The lowest BCUT2D eigenvalue weighted by Crippen LogP contribution is -2.31. The van der Waals surface area contributed by atoms with Crippen LogP contribution in [0.1, 0.15) is 30.0 Å². The fraction of sp³-hybridized carbons (Fsp3) is 0.526. The molecule has 0 unspecified atom stereocenters. The summed E-state index contributed by atoms with van der Waals surface area (Å²) in [5.41, 5.74) is 2.50. The second-order valence-electron chi connectivity index (χ2n) is 6.42. The molecule has 0 amide bonds. The molecule has 0 saturated carbocycles. The van der Waals surface area contributed by atoms with Crippen LogP contribution in [-0.4, -0.2) is 47.5 Å². The molecule has 0 spiro atoms. The van der Waals surface area contributed by atoms with E-state index in [2.05, 4.69) is 45.1 Å². The van der Waals surface area contributed by atoms with Crippen LogP contribution in [-0.2, 0) is 13.0 Å². The highest BCUT2D eigenvalue weighted by atomic mass is 16.3. The maximum absolute atomic E-state index is 5.31. The molecule has 2 aromatic rings.